The van der Waals surface area contributed by atoms with Crippen molar-refractivity contribution in [3.8, 4) is 11.5 Å². The van der Waals surface area contributed by atoms with Crippen LogP contribution in [0.5, 0.6) is 11.5 Å². The van der Waals surface area contributed by atoms with Crippen molar-refractivity contribution in [2.24, 2.45) is 5.10 Å². The molecule has 0 unspecified atom stereocenters. The van der Waals surface area contributed by atoms with Crippen LogP contribution in [0.15, 0.2) is 53.6 Å². The van der Waals surface area contributed by atoms with Crippen LogP contribution >= 0.6 is 0 Å². The average molecular weight is 341 g/mol. The summed E-state index contributed by atoms with van der Waals surface area (Å²) in [5.74, 6) is 1.49. The van der Waals surface area contributed by atoms with E-state index < -0.39 is 0 Å². The zero-order chi connectivity index (χ0) is 17.9. The van der Waals surface area contributed by atoms with Gasteiger partial charge in [-0.15, -0.1) is 0 Å². The average Bonchev–Trinajstić information content (AvgIpc) is 2.66. The van der Waals surface area contributed by atoms with Crippen molar-refractivity contribution in [2.45, 2.75) is 12.8 Å². The van der Waals surface area contributed by atoms with E-state index in [0.717, 1.165) is 29.2 Å². The topological polar surface area (TPSA) is 72.0 Å². The third-order valence-electron chi connectivity index (χ3n) is 3.52. The number of hydrogen-bond donors (Lipinski definition) is 2. The summed E-state index contributed by atoms with van der Waals surface area (Å²) in [6.45, 7) is 0.710. The van der Waals surface area contributed by atoms with Crippen LogP contribution in [0, 0.1) is 0 Å². The predicted octanol–water partition coefficient (Wildman–Crippen LogP) is 3.05. The molecule has 0 spiro atoms. The summed E-state index contributed by atoms with van der Waals surface area (Å²) < 4.78 is 10.2. The number of anilines is 1. The first-order valence-corrected chi connectivity index (χ1v) is 8.05. The molecule has 0 radical (unpaired) electrons. The minimum atomic E-state index is -0.110. The fraction of sp³-hybridized carbons (Fsp3) is 0.263. The number of benzene rings is 2. The number of hydrogen-bond acceptors (Lipinski definition) is 5. The molecule has 6 nitrogen and oxygen atoms in total. The van der Waals surface area contributed by atoms with Crippen LogP contribution in [0.2, 0.25) is 0 Å². The predicted molar refractivity (Wildman–Crippen MR) is 99.4 cm³/mol. The van der Waals surface area contributed by atoms with Crippen molar-refractivity contribution in [3.05, 3.63) is 54.1 Å². The number of methoxy groups -OCH3 is 2. The lowest BCUT2D eigenvalue weighted by atomic mass is 10.2. The Morgan fingerprint density at radius 1 is 1.00 bits per heavy atom. The monoisotopic (exact) mass is 341 g/mol. The molecule has 2 N–H and O–H groups in total. The number of carbonyl (C=O) groups is 1. The summed E-state index contributed by atoms with van der Waals surface area (Å²) in [7, 11) is 3.25. The summed E-state index contributed by atoms with van der Waals surface area (Å²) >= 11 is 0. The Labute approximate surface area is 147 Å². The molecule has 25 heavy (non-hydrogen) atoms. The molecule has 2 rings (SSSR count). The van der Waals surface area contributed by atoms with Crippen molar-refractivity contribution >= 4 is 17.8 Å². The van der Waals surface area contributed by atoms with Gasteiger partial charge in [-0.1, -0.05) is 0 Å². The van der Waals surface area contributed by atoms with Gasteiger partial charge in [0.2, 0.25) is 5.91 Å². The zero-order valence-corrected chi connectivity index (χ0v) is 14.5. The second-order valence-corrected chi connectivity index (χ2v) is 5.33. The van der Waals surface area contributed by atoms with E-state index in [4.69, 9.17) is 9.47 Å². The van der Waals surface area contributed by atoms with Gasteiger partial charge in [-0.3, -0.25) is 4.79 Å². The van der Waals surface area contributed by atoms with Gasteiger partial charge in [0, 0.05) is 18.7 Å². The number of carbonyl (C=O) groups excluding carboxylic acids is 1. The Kier molecular flexibility index (Phi) is 7.31. The zero-order valence-electron chi connectivity index (χ0n) is 14.5. The van der Waals surface area contributed by atoms with Crippen molar-refractivity contribution in [1.29, 1.82) is 0 Å². The smallest absolute Gasteiger partial charge is 0.240 e. The molecule has 2 aromatic rings. The van der Waals surface area contributed by atoms with Gasteiger partial charge in [0.25, 0.3) is 0 Å². The largest absolute Gasteiger partial charge is 0.497 e. The first kappa shape index (κ1) is 18.3. The molecule has 0 aliphatic heterocycles. The molecule has 0 atom stereocenters. The van der Waals surface area contributed by atoms with Gasteiger partial charge >= 0.3 is 0 Å². The number of ether oxygens (including phenoxy) is 2. The summed E-state index contributed by atoms with van der Waals surface area (Å²) in [5.41, 5.74) is 4.42. The second kappa shape index (κ2) is 9.97. The Morgan fingerprint density at radius 2 is 1.60 bits per heavy atom. The van der Waals surface area contributed by atoms with E-state index >= 15 is 0 Å². The third kappa shape index (κ3) is 6.55. The van der Waals surface area contributed by atoms with Gasteiger partial charge in [0.1, 0.15) is 11.5 Å². The van der Waals surface area contributed by atoms with Crippen LogP contribution in [0.3, 0.4) is 0 Å². The maximum absolute atomic E-state index is 11.7. The molecule has 0 heterocycles. The van der Waals surface area contributed by atoms with Crippen LogP contribution in [0.1, 0.15) is 18.4 Å². The molecule has 0 saturated carbocycles. The fourth-order valence-corrected chi connectivity index (χ4v) is 2.12. The van der Waals surface area contributed by atoms with Gasteiger partial charge in [-0.25, -0.2) is 5.43 Å². The second-order valence-electron chi connectivity index (χ2n) is 5.33. The molecule has 132 valence electrons. The Morgan fingerprint density at radius 3 is 2.20 bits per heavy atom. The van der Waals surface area contributed by atoms with E-state index in [1.165, 1.54) is 0 Å². The first-order valence-electron chi connectivity index (χ1n) is 8.05. The summed E-state index contributed by atoms with van der Waals surface area (Å²) in [5, 5.41) is 7.21. The van der Waals surface area contributed by atoms with Crippen molar-refractivity contribution in [1.82, 2.24) is 5.43 Å². The molecule has 2 aromatic carbocycles. The molecule has 0 aliphatic carbocycles. The van der Waals surface area contributed by atoms with Gasteiger partial charge in [-0.05, 0) is 60.5 Å². The molecule has 0 saturated heterocycles. The maximum Gasteiger partial charge on any atom is 0.240 e. The maximum atomic E-state index is 11.7. The van der Waals surface area contributed by atoms with Crippen LogP contribution in [0.25, 0.3) is 0 Å². The number of rotatable bonds is 9. The van der Waals surface area contributed by atoms with E-state index in [1.807, 2.05) is 48.5 Å². The molecule has 6 heteroatoms. The minimum absolute atomic E-state index is 0.110. The van der Waals surface area contributed by atoms with E-state index in [2.05, 4.69) is 15.8 Å². The molecule has 1 amide bonds. The summed E-state index contributed by atoms with van der Waals surface area (Å²) in [6.07, 6.45) is 2.73. The fourth-order valence-electron chi connectivity index (χ4n) is 2.12. The molecular weight excluding hydrogens is 318 g/mol. The van der Waals surface area contributed by atoms with Crippen LogP contribution in [-0.4, -0.2) is 32.9 Å². The van der Waals surface area contributed by atoms with Crippen molar-refractivity contribution < 1.29 is 14.3 Å². The van der Waals surface area contributed by atoms with Crippen molar-refractivity contribution in [2.75, 3.05) is 26.1 Å². The molecule has 0 bridgehead atoms. The highest BCUT2D eigenvalue weighted by Gasteiger charge is 2.00. The third-order valence-corrected chi connectivity index (χ3v) is 3.52. The Hall–Kier alpha value is -3.02. The Balaban J connectivity index is 1.63. The van der Waals surface area contributed by atoms with Crippen LogP contribution in [-0.2, 0) is 4.79 Å². The minimum Gasteiger partial charge on any atom is -0.497 e. The lowest BCUT2D eigenvalue weighted by Gasteiger charge is -2.06. The van der Waals surface area contributed by atoms with Gasteiger partial charge in [0.15, 0.2) is 0 Å². The molecule has 0 fully saturated rings. The van der Waals surface area contributed by atoms with Crippen LogP contribution < -0.4 is 20.2 Å². The SMILES string of the molecule is COc1ccc(/C=N\NC(=O)CCCNc2ccc(OC)cc2)cc1. The molecular formula is C19H23N3O3. The highest BCUT2D eigenvalue weighted by atomic mass is 16.5. The van der Waals surface area contributed by atoms with E-state index in [-0.39, 0.29) is 5.91 Å². The number of nitrogens with zero attached hydrogens (tertiary/aromatic N) is 1. The molecule has 0 aliphatic rings. The highest BCUT2D eigenvalue weighted by molar-refractivity contribution is 5.82. The van der Waals surface area contributed by atoms with Gasteiger partial charge in [0.05, 0.1) is 20.4 Å². The lowest BCUT2D eigenvalue weighted by Crippen LogP contribution is -2.18. The van der Waals surface area contributed by atoms with Crippen LogP contribution in [0.4, 0.5) is 5.69 Å². The van der Waals surface area contributed by atoms with E-state index in [1.54, 1.807) is 20.4 Å². The Bertz CT molecular complexity index is 682. The van der Waals surface area contributed by atoms with Gasteiger partial charge in [-0.2, -0.15) is 5.10 Å². The highest BCUT2D eigenvalue weighted by Crippen LogP contribution is 2.14. The number of nitrogens with one attached hydrogen (secondary N) is 2. The number of hydrazone groups is 1. The summed E-state index contributed by atoms with van der Waals surface area (Å²) in [4.78, 5) is 11.7. The normalized spacial score (nSPS) is 10.5. The van der Waals surface area contributed by atoms with E-state index in [9.17, 15) is 4.79 Å². The quantitative estimate of drug-likeness (QED) is 0.418. The summed E-state index contributed by atoms with van der Waals surface area (Å²) in [6, 6.07) is 15.1. The van der Waals surface area contributed by atoms with Crippen molar-refractivity contribution in [3.63, 3.8) is 0 Å². The lowest BCUT2D eigenvalue weighted by molar-refractivity contribution is -0.121. The van der Waals surface area contributed by atoms with Gasteiger partial charge < -0.3 is 14.8 Å². The molecule has 0 aromatic heterocycles. The van der Waals surface area contributed by atoms with E-state index in [0.29, 0.717) is 13.0 Å². The number of amides is 1. The standard InChI is InChI=1S/C19H23N3O3/c1-24-17-9-5-15(6-10-17)14-21-22-19(23)4-3-13-20-16-7-11-18(25-2)12-8-16/h5-12,14,20H,3-4,13H2,1-2H3,(H,22,23)/b21-14-. The first-order chi connectivity index (χ1) is 12.2.